The first-order valence-corrected chi connectivity index (χ1v) is 5.98. The Hall–Kier alpha value is -0.650. The van der Waals surface area contributed by atoms with E-state index >= 15 is 0 Å². The molecule has 0 heterocycles. The fourth-order valence-electron chi connectivity index (χ4n) is 1.51. The zero-order valence-electron chi connectivity index (χ0n) is 11.3. The van der Waals surface area contributed by atoms with E-state index in [9.17, 15) is 4.79 Å². The fourth-order valence-corrected chi connectivity index (χ4v) is 1.51. The molecule has 17 heavy (non-hydrogen) atoms. The zero-order valence-corrected chi connectivity index (χ0v) is 11.3. The number of nitrogens with one attached hydrogen (secondary N) is 1. The van der Waals surface area contributed by atoms with Crippen LogP contribution in [0.4, 0.5) is 0 Å². The molecular formula is C12H26N2O3. The van der Waals surface area contributed by atoms with Crippen LogP contribution >= 0.6 is 0 Å². The third kappa shape index (κ3) is 6.61. The minimum Gasteiger partial charge on any atom is -0.396 e. The SMILES string of the molecule is COCCC(N)C(=O)NC(CCO)C(C)(C)C. The second-order valence-electron chi connectivity index (χ2n) is 5.33. The Labute approximate surface area is 104 Å². The van der Waals surface area contributed by atoms with Gasteiger partial charge in [-0.15, -0.1) is 0 Å². The monoisotopic (exact) mass is 246 g/mol. The van der Waals surface area contributed by atoms with Crippen molar-refractivity contribution in [3.8, 4) is 0 Å². The van der Waals surface area contributed by atoms with E-state index in [2.05, 4.69) is 5.32 Å². The summed E-state index contributed by atoms with van der Waals surface area (Å²) < 4.78 is 4.88. The molecule has 0 aromatic carbocycles. The highest BCUT2D eigenvalue weighted by atomic mass is 16.5. The molecule has 0 saturated heterocycles. The van der Waals surface area contributed by atoms with E-state index in [4.69, 9.17) is 15.6 Å². The molecule has 2 atom stereocenters. The smallest absolute Gasteiger partial charge is 0.237 e. The molecule has 0 aromatic heterocycles. The second kappa shape index (κ2) is 7.63. The summed E-state index contributed by atoms with van der Waals surface area (Å²) in [5.41, 5.74) is 5.64. The largest absolute Gasteiger partial charge is 0.396 e. The average Bonchev–Trinajstić information content (AvgIpc) is 2.23. The number of hydrogen-bond acceptors (Lipinski definition) is 4. The number of amides is 1. The Morgan fingerprint density at radius 1 is 1.41 bits per heavy atom. The van der Waals surface area contributed by atoms with Gasteiger partial charge in [0, 0.05) is 26.4 Å². The van der Waals surface area contributed by atoms with Crippen molar-refractivity contribution in [3.05, 3.63) is 0 Å². The van der Waals surface area contributed by atoms with Crippen LogP contribution in [0.1, 0.15) is 33.6 Å². The minimum absolute atomic E-state index is 0.0511. The topological polar surface area (TPSA) is 84.6 Å². The molecule has 4 N–H and O–H groups in total. The quantitative estimate of drug-likeness (QED) is 0.602. The lowest BCUT2D eigenvalue weighted by atomic mass is 9.84. The Bertz CT molecular complexity index is 226. The Morgan fingerprint density at radius 3 is 2.41 bits per heavy atom. The predicted molar refractivity (Wildman–Crippen MR) is 67.6 cm³/mol. The van der Waals surface area contributed by atoms with Crippen molar-refractivity contribution in [1.82, 2.24) is 5.32 Å². The lowest BCUT2D eigenvalue weighted by molar-refractivity contribution is -0.124. The molecule has 5 heteroatoms. The van der Waals surface area contributed by atoms with Crippen molar-refractivity contribution < 1.29 is 14.6 Å². The number of aliphatic hydroxyl groups excluding tert-OH is 1. The summed E-state index contributed by atoms with van der Waals surface area (Å²) in [4.78, 5) is 11.8. The van der Waals surface area contributed by atoms with E-state index in [0.717, 1.165) is 0 Å². The first-order chi connectivity index (χ1) is 7.82. The van der Waals surface area contributed by atoms with Gasteiger partial charge in [0.25, 0.3) is 0 Å². The van der Waals surface area contributed by atoms with Crippen LogP contribution in [-0.2, 0) is 9.53 Å². The zero-order chi connectivity index (χ0) is 13.5. The molecule has 0 aliphatic heterocycles. The van der Waals surface area contributed by atoms with Crippen LogP contribution in [0.15, 0.2) is 0 Å². The summed E-state index contributed by atoms with van der Waals surface area (Å²) in [6.45, 7) is 6.58. The maximum absolute atomic E-state index is 11.8. The van der Waals surface area contributed by atoms with Crippen LogP contribution in [0.5, 0.6) is 0 Å². The number of aliphatic hydroxyl groups is 1. The third-order valence-electron chi connectivity index (χ3n) is 2.75. The molecule has 102 valence electrons. The van der Waals surface area contributed by atoms with E-state index in [1.807, 2.05) is 20.8 Å². The normalized spacial score (nSPS) is 15.4. The number of rotatable bonds is 7. The molecule has 2 unspecified atom stereocenters. The van der Waals surface area contributed by atoms with Gasteiger partial charge in [0.2, 0.25) is 5.91 Å². The van der Waals surface area contributed by atoms with Gasteiger partial charge >= 0.3 is 0 Å². The molecule has 5 nitrogen and oxygen atoms in total. The van der Waals surface area contributed by atoms with Gasteiger partial charge in [-0.1, -0.05) is 20.8 Å². The van der Waals surface area contributed by atoms with E-state index in [1.54, 1.807) is 7.11 Å². The summed E-state index contributed by atoms with van der Waals surface area (Å²) in [5, 5.41) is 11.9. The lowest BCUT2D eigenvalue weighted by Crippen LogP contribution is -2.50. The highest BCUT2D eigenvalue weighted by Gasteiger charge is 2.27. The number of carbonyl (C=O) groups is 1. The van der Waals surface area contributed by atoms with E-state index in [1.165, 1.54) is 0 Å². The van der Waals surface area contributed by atoms with Crippen molar-refractivity contribution >= 4 is 5.91 Å². The van der Waals surface area contributed by atoms with Gasteiger partial charge in [-0.2, -0.15) is 0 Å². The molecule has 0 fully saturated rings. The number of ether oxygens (including phenoxy) is 1. The predicted octanol–water partition coefficient (Wildman–Crippen LogP) is 0.264. The van der Waals surface area contributed by atoms with Crippen LogP contribution in [0.2, 0.25) is 0 Å². The van der Waals surface area contributed by atoms with Crippen LogP contribution in [-0.4, -0.2) is 43.4 Å². The van der Waals surface area contributed by atoms with E-state index in [-0.39, 0.29) is 24.0 Å². The van der Waals surface area contributed by atoms with Crippen LogP contribution < -0.4 is 11.1 Å². The van der Waals surface area contributed by atoms with Gasteiger partial charge in [-0.05, 0) is 18.3 Å². The van der Waals surface area contributed by atoms with Crippen molar-refractivity contribution in [2.45, 2.75) is 45.7 Å². The van der Waals surface area contributed by atoms with Gasteiger partial charge in [-0.25, -0.2) is 0 Å². The molecule has 0 aromatic rings. The maximum Gasteiger partial charge on any atom is 0.237 e. The minimum atomic E-state index is -0.557. The summed E-state index contributed by atoms with van der Waals surface area (Å²) in [5.74, 6) is -0.185. The Kier molecular flexibility index (Phi) is 7.34. The Morgan fingerprint density at radius 2 is 2.00 bits per heavy atom. The third-order valence-corrected chi connectivity index (χ3v) is 2.75. The standard InChI is InChI=1S/C12H26N2O3/c1-12(2,3)10(5-7-15)14-11(16)9(13)6-8-17-4/h9-10,15H,5-8,13H2,1-4H3,(H,14,16). The molecule has 0 aliphatic rings. The van der Waals surface area contributed by atoms with Gasteiger partial charge < -0.3 is 20.9 Å². The van der Waals surface area contributed by atoms with Gasteiger partial charge in [0.05, 0.1) is 6.04 Å². The number of carbonyl (C=O) groups excluding carboxylic acids is 1. The number of methoxy groups -OCH3 is 1. The summed E-state index contributed by atoms with van der Waals surface area (Å²) >= 11 is 0. The average molecular weight is 246 g/mol. The van der Waals surface area contributed by atoms with Crippen molar-refractivity contribution in [3.63, 3.8) is 0 Å². The molecule has 0 saturated carbocycles. The van der Waals surface area contributed by atoms with Crippen LogP contribution in [0.25, 0.3) is 0 Å². The second-order valence-corrected chi connectivity index (χ2v) is 5.33. The fraction of sp³-hybridized carbons (Fsp3) is 0.917. The lowest BCUT2D eigenvalue weighted by Gasteiger charge is -2.32. The maximum atomic E-state index is 11.8. The van der Waals surface area contributed by atoms with Gasteiger partial charge in [-0.3, -0.25) is 4.79 Å². The highest BCUT2D eigenvalue weighted by Crippen LogP contribution is 2.21. The Balaban J connectivity index is 4.30. The van der Waals surface area contributed by atoms with E-state index in [0.29, 0.717) is 19.4 Å². The molecular weight excluding hydrogens is 220 g/mol. The number of hydrogen-bond donors (Lipinski definition) is 3. The molecule has 0 bridgehead atoms. The molecule has 0 rings (SSSR count). The van der Waals surface area contributed by atoms with Crippen LogP contribution in [0, 0.1) is 5.41 Å². The summed E-state index contributed by atoms with van der Waals surface area (Å²) in [7, 11) is 1.58. The van der Waals surface area contributed by atoms with Crippen molar-refractivity contribution in [2.75, 3.05) is 20.3 Å². The molecule has 0 spiro atoms. The van der Waals surface area contributed by atoms with Gasteiger partial charge in [0.15, 0.2) is 0 Å². The molecule has 0 aliphatic carbocycles. The van der Waals surface area contributed by atoms with Gasteiger partial charge in [0.1, 0.15) is 0 Å². The molecule has 0 radical (unpaired) electrons. The highest BCUT2D eigenvalue weighted by molar-refractivity contribution is 5.81. The van der Waals surface area contributed by atoms with Crippen molar-refractivity contribution in [2.24, 2.45) is 11.1 Å². The first-order valence-electron chi connectivity index (χ1n) is 5.98. The number of nitrogens with two attached hydrogens (primary N) is 1. The van der Waals surface area contributed by atoms with Crippen LogP contribution in [0.3, 0.4) is 0 Å². The first kappa shape index (κ1) is 16.4. The summed E-state index contributed by atoms with van der Waals surface area (Å²) in [6, 6.07) is -0.632. The van der Waals surface area contributed by atoms with E-state index < -0.39 is 6.04 Å². The molecule has 1 amide bonds. The van der Waals surface area contributed by atoms with Crippen molar-refractivity contribution in [1.29, 1.82) is 0 Å². The summed E-state index contributed by atoms with van der Waals surface area (Å²) in [6.07, 6.45) is 1.03.